The normalized spacial score (nSPS) is 22.1. The molecule has 0 amide bonds. The number of benzene rings is 1. The van der Waals surface area contributed by atoms with Crippen molar-refractivity contribution in [2.24, 2.45) is 10.9 Å². The second kappa shape index (κ2) is 7.48. The van der Waals surface area contributed by atoms with E-state index in [4.69, 9.17) is 4.42 Å². The van der Waals surface area contributed by atoms with E-state index < -0.39 is 0 Å². The molecule has 2 aromatic rings. The van der Waals surface area contributed by atoms with Crippen LogP contribution in [0, 0.1) is 12.8 Å². The molecule has 0 bridgehead atoms. The van der Waals surface area contributed by atoms with Crippen LogP contribution < -0.4 is 10.6 Å². The highest BCUT2D eigenvalue weighted by Crippen LogP contribution is 2.24. The second-order valence-corrected chi connectivity index (χ2v) is 7.35. The van der Waals surface area contributed by atoms with Gasteiger partial charge in [-0.05, 0) is 32.8 Å². The molecule has 5 nitrogen and oxygen atoms in total. The lowest BCUT2D eigenvalue weighted by atomic mass is 10.1. The lowest BCUT2D eigenvalue weighted by Gasteiger charge is -2.21. The van der Waals surface area contributed by atoms with Gasteiger partial charge in [0.15, 0.2) is 5.96 Å². The highest BCUT2D eigenvalue weighted by molar-refractivity contribution is 5.83. The van der Waals surface area contributed by atoms with Crippen LogP contribution in [-0.2, 0) is 6.54 Å². The molecule has 2 heterocycles. The van der Waals surface area contributed by atoms with Gasteiger partial charge in [-0.25, -0.2) is 0 Å². The van der Waals surface area contributed by atoms with Crippen LogP contribution in [0.2, 0.25) is 0 Å². The minimum Gasteiger partial charge on any atom is -0.459 e. The van der Waals surface area contributed by atoms with Crippen LogP contribution in [-0.4, -0.2) is 43.1 Å². The molecule has 1 aliphatic heterocycles. The molecule has 25 heavy (non-hydrogen) atoms. The van der Waals surface area contributed by atoms with Crippen molar-refractivity contribution in [3.63, 3.8) is 0 Å². The maximum Gasteiger partial charge on any atom is 0.191 e. The van der Waals surface area contributed by atoms with Crippen LogP contribution in [0.1, 0.15) is 32.1 Å². The molecule has 3 rings (SSSR count). The van der Waals surface area contributed by atoms with Gasteiger partial charge in [-0.3, -0.25) is 9.89 Å². The maximum absolute atomic E-state index is 5.98. The fourth-order valence-corrected chi connectivity index (χ4v) is 3.54. The summed E-state index contributed by atoms with van der Waals surface area (Å²) in [6.07, 6.45) is 0. The van der Waals surface area contributed by atoms with E-state index in [1.54, 1.807) is 0 Å². The largest absolute Gasteiger partial charge is 0.459 e. The molecule has 1 fully saturated rings. The Hall–Kier alpha value is -2.01. The van der Waals surface area contributed by atoms with E-state index in [-0.39, 0.29) is 0 Å². The SMILES string of the molecule is CN=C(NCc1oc2ccccc2c1C)NC1CN(C(C)C)CC1C. The van der Waals surface area contributed by atoms with Gasteiger partial charge in [-0.2, -0.15) is 0 Å². The Balaban J connectivity index is 1.62. The third-order valence-corrected chi connectivity index (χ3v) is 5.28. The van der Waals surface area contributed by atoms with Gasteiger partial charge in [0.1, 0.15) is 11.3 Å². The van der Waals surface area contributed by atoms with Crippen LogP contribution in [0.25, 0.3) is 11.0 Å². The summed E-state index contributed by atoms with van der Waals surface area (Å²) in [4.78, 5) is 6.90. The average molecular weight is 342 g/mol. The quantitative estimate of drug-likeness (QED) is 0.662. The number of guanidine groups is 1. The molecule has 0 spiro atoms. The fourth-order valence-electron chi connectivity index (χ4n) is 3.54. The highest BCUT2D eigenvalue weighted by atomic mass is 16.3. The molecular weight excluding hydrogens is 312 g/mol. The third-order valence-electron chi connectivity index (χ3n) is 5.28. The molecule has 0 radical (unpaired) electrons. The Morgan fingerprint density at radius 1 is 1.32 bits per heavy atom. The minimum absolute atomic E-state index is 0.422. The smallest absolute Gasteiger partial charge is 0.191 e. The Labute approximate surface area is 150 Å². The standard InChI is InChI=1S/C20H30N4O/c1-13(2)24-11-14(3)17(12-24)23-20(21-5)22-10-19-15(4)16-8-6-7-9-18(16)25-19/h6-9,13-14,17H,10-12H2,1-5H3,(H2,21,22,23). The first-order valence-electron chi connectivity index (χ1n) is 9.17. The monoisotopic (exact) mass is 342 g/mol. The first-order valence-corrected chi connectivity index (χ1v) is 9.17. The first-order chi connectivity index (χ1) is 12.0. The number of furan rings is 1. The van der Waals surface area contributed by atoms with Gasteiger partial charge in [0, 0.05) is 43.2 Å². The van der Waals surface area contributed by atoms with Crippen molar-refractivity contribution in [2.45, 2.75) is 46.3 Å². The Morgan fingerprint density at radius 2 is 2.08 bits per heavy atom. The topological polar surface area (TPSA) is 52.8 Å². The van der Waals surface area contributed by atoms with Crippen molar-refractivity contribution in [2.75, 3.05) is 20.1 Å². The van der Waals surface area contributed by atoms with E-state index in [9.17, 15) is 0 Å². The lowest BCUT2D eigenvalue weighted by molar-refractivity contribution is 0.265. The molecule has 1 saturated heterocycles. The highest BCUT2D eigenvalue weighted by Gasteiger charge is 2.31. The molecule has 2 N–H and O–H groups in total. The van der Waals surface area contributed by atoms with Gasteiger partial charge >= 0.3 is 0 Å². The zero-order valence-electron chi connectivity index (χ0n) is 16.0. The van der Waals surface area contributed by atoms with Crippen LogP contribution in [0.4, 0.5) is 0 Å². The summed E-state index contributed by atoms with van der Waals surface area (Å²) in [5.74, 6) is 2.41. The van der Waals surface area contributed by atoms with E-state index >= 15 is 0 Å². The third kappa shape index (κ3) is 3.82. The van der Waals surface area contributed by atoms with Gasteiger partial charge in [0.05, 0.1) is 6.54 Å². The Morgan fingerprint density at radius 3 is 2.72 bits per heavy atom. The van der Waals surface area contributed by atoms with E-state index in [0.29, 0.717) is 24.5 Å². The average Bonchev–Trinajstić information content (AvgIpc) is 3.12. The van der Waals surface area contributed by atoms with Crippen molar-refractivity contribution >= 4 is 16.9 Å². The van der Waals surface area contributed by atoms with Crippen molar-refractivity contribution in [3.8, 4) is 0 Å². The summed E-state index contributed by atoms with van der Waals surface area (Å²) in [7, 11) is 1.82. The number of aliphatic imine (C=N–C) groups is 1. The molecule has 1 aromatic heterocycles. The van der Waals surface area contributed by atoms with E-state index in [1.807, 2.05) is 25.2 Å². The Bertz CT molecular complexity index is 749. The zero-order valence-corrected chi connectivity index (χ0v) is 16.0. The van der Waals surface area contributed by atoms with E-state index in [2.05, 4.69) is 54.3 Å². The molecule has 5 heteroatoms. The number of fused-ring (bicyclic) bond motifs is 1. The summed E-state index contributed by atoms with van der Waals surface area (Å²) in [6, 6.07) is 9.17. The summed E-state index contributed by atoms with van der Waals surface area (Å²) in [5, 5.41) is 8.16. The summed E-state index contributed by atoms with van der Waals surface area (Å²) < 4.78 is 5.98. The van der Waals surface area contributed by atoms with Crippen molar-refractivity contribution < 1.29 is 4.42 Å². The van der Waals surface area contributed by atoms with Gasteiger partial charge in [-0.1, -0.05) is 25.1 Å². The van der Waals surface area contributed by atoms with Gasteiger partial charge in [0.2, 0.25) is 0 Å². The Kier molecular flexibility index (Phi) is 5.33. The molecule has 1 aromatic carbocycles. The van der Waals surface area contributed by atoms with Crippen LogP contribution >= 0.6 is 0 Å². The number of hydrogen-bond donors (Lipinski definition) is 2. The van der Waals surface area contributed by atoms with E-state index in [0.717, 1.165) is 30.4 Å². The molecular formula is C20H30N4O. The number of rotatable bonds is 4. The minimum atomic E-state index is 0.422. The van der Waals surface area contributed by atoms with E-state index in [1.165, 1.54) is 10.9 Å². The molecule has 1 aliphatic rings. The van der Waals surface area contributed by atoms with Crippen molar-refractivity contribution in [1.82, 2.24) is 15.5 Å². The summed E-state index contributed by atoms with van der Waals surface area (Å²) in [5.41, 5.74) is 2.13. The number of hydrogen-bond acceptors (Lipinski definition) is 3. The molecule has 0 aliphatic carbocycles. The number of nitrogens with one attached hydrogen (secondary N) is 2. The maximum atomic E-state index is 5.98. The molecule has 2 unspecified atom stereocenters. The summed E-state index contributed by atoms with van der Waals surface area (Å²) >= 11 is 0. The molecule has 0 saturated carbocycles. The predicted octanol–water partition coefficient (Wildman–Crippen LogP) is 3.13. The van der Waals surface area contributed by atoms with Gasteiger partial charge in [-0.15, -0.1) is 0 Å². The van der Waals surface area contributed by atoms with Gasteiger partial charge in [0.25, 0.3) is 0 Å². The van der Waals surface area contributed by atoms with Crippen molar-refractivity contribution in [3.05, 3.63) is 35.6 Å². The number of likely N-dealkylation sites (tertiary alicyclic amines) is 1. The lowest BCUT2D eigenvalue weighted by Crippen LogP contribution is -2.46. The summed E-state index contributed by atoms with van der Waals surface area (Å²) in [6.45, 7) is 11.8. The van der Waals surface area contributed by atoms with Crippen molar-refractivity contribution in [1.29, 1.82) is 0 Å². The van der Waals surface area contributed by atoms with Gasteiger partial charge < -0.3 is 15.1 Å². The number of para-hydroxylation sites is 1. The second-order valence-electron chi connectivity index (χ2n) is 7.35. The number of nitrogens with zero attached hydrogens (tertiary/aromatic N) is 2. The molecule has 2 atom stereocenters. The predicted molar refractivity (Wildman–Crippen MR) is 104 cm³/mol. The fraction of sp³-hybridized carbons (Fsp3) is 0.550. The number of aryl methyl sites for hydroxylation is 1. The van der Waals surface area contributed by atoms with Crippen LogP contribution in [0.5, 0.6) is 0 Å². The zero-order chi connectivity index (χ0) is 18.0. The molecule has 136 valence electrons. The first kappa shape index (κ1) is 17.8. The van der Waals surface area contributed by atoms with Crippen LogP contribution in [0.3, 0.4) is 0 Å². The van der Waals surface area contributed by atoms with Crippen LogP contribution in [0.15, 0.2) is 33.7 Å².